The van der Waals surface area contributed by atoms with Gasteiger partial charge in [-0.05, 0) is 66.5 Å². The molecule has 0 unspecified atom stereocenters. The van der Waals surface area contributed by atoms with Crippen LogP contribution in [0.5, 0.6) is 11.5 Å². The van der Waals surface area contributed by atoms with Gasteiger partial charge in [-0.15, -0.1) is 0 Å². The SMILES string of the molecule is Oc1ccc(CC2(Cc3ccc(O)cc3)CCCCC2)cc1. The van der Waals surface area contributed by atoms with Crippen molar-refractivity contribution in [3.63, 3.8) is 0 Å². The van der Waals surface area contributed by atoms with E-state index in [1.807, 2.05) is 24.3 Å². The van der Waals surface area contributed by atoms with E-state index in [9.17, 15) is 10.2 Å². The second-order valence-electron chi connectivity index (χ2n) is 6.75. The smallest absolute Gasteiger partial charge is 0.115 e. The molecule has 0 heterocycles. The standard InChI is InChI=1S/C20H24O2/c21-18-8-4-16(5-9-18)14-20(12-2-1-3-13-20)15-17-6-10-19(22)11-7-17/h4-11,21-22H,1-3,12-15H2. The first kappa shape index (κ1) is 15.0. The van der Waals surface area contributed by atoms with E-state index in [1.54, 1.807) is 24.3 Å². The summed E-state index contributed by atoms with van der Waals surface area (Å²) in [4.78, 5) is 0. The van der Waals surface area contributed by atoms with Gasteiger partial charge in [0.1, 0.15) is 11.5 Å². The van der Waals surface area contributed by atoms with Gasteiger partial charge in [-0.3, -0.25) is 0 Å². The van der Waals surface area contributed by atoms with Gasteiger partial charge in [0.15, 0.2) is 0 Å². The fraction of sp³-hybridized carbons (Fsp3) is 0.400. The summed E-state index contributed by atoms with van der Waals surface area (Å²) in [5, 5.41) is 18.9. The van der Waals surface area contributed by atoms with Gasteiger partial charge in [-0.2, -0.15) is 0 Å². The maximum Gasteiger partial charge on any atom is 0.115 e. The summed E-state index contributed by atoms with van der Waals surface area (Å²) in [6.45, 7) is 0. The highest BCUT2D eigenvalue weighted by Crippen LogP contribution is 2.42. The molecule has 0 aliphatic heterocycles. The molecule has 2 N–H and O–H groups in total. The zero-order valence-electron chi connectivity index (χ0n) is 13.0. The molecule has 2 nitrogen and oxygen atoms in total. The molecule has 1 fully saturated rings. The van der Waals surface area contributed by atoms with Crippen LogP contribution in [0.25, 0.3) is 0 Å². The molecule has 2 aromatic carbocycles. The molecular formula is C20H24O2. The summed E-state index contributed by atoms with van der Waals surface area (Å²) >= 11 is 0. The molecule has 0 atom stereocenters. The summed E-state index contributed by atoms with van der Waals surface area (Å²) < 4.78 is 0. The molecule has 0 aromatic heterocycles. The van der Waals surface area contributed by atoms with Crippen molar-refractivity contribution in [2.45, 2.75) is 44.9 Å². The number of benzene rings is 2. The zero-order valence-corrected chi connectivity index (χ0v) is 13.0. The van der Waals surface area contributed by atoms with Gasteiger partial charge in [0.05, 0.1) is 0 Å². The molecule has 0 radical (unpaired) electrons. The fourth-order valence-corrected chi connectivity index (χ4v) is 3.81. The lowest BCUT2D eigenvalue weighted by atomic mass is 9.67. The van der Waals surface area contributed by atoms with Crippen molar-refractivity contribution < 1.29 is 10.2 Å². The van der Waals surface area contributed by atoms with E-state index in [-0.39, 0.29) is 0 Å². The minimum absolute atomic E-state index is 0.312. The molecule has 1 saturated carbocycles. The summed E-state index contributed by atoms with van der Waals surface area (Å²) in [6.07, 6.45) is 8.59. The Morgan fingerprint density at radius 1 is 0.636 bits per heavy atom. The monoisotopic (exact) mass is 296 g/mol. The van der Waals surface area contributed by atoms with Crippen LogP contribution < -0.4 is 0 Å². The van der Waals surface area contributed by atoms with Crippen LogP contribution in [0.15, 0.2) is 48.5 Å². The van der Waals surface area contributed by atoms with Gasteiger partial charge in [0.25, 0.3) is 0 Å². The van der Waals surface area contributed by atoms with E-state index in [0.717, 1.165) is 12.8 Å². The Labute approximate surface area is 132 Å². The second-order valence-corrected chi connectivity index (χ2v) is 6.75. The minimum Gasteiger partial charge on any atom is -0.508 e. The molecule has 0 bridgehead atoms. The van der Waals surface area contributed by atoms with Crippen molar-refractivity contribution in [2.75, 3.05) is 0 Å². The van der Waals surface area contributed by atoms with E-state index in [1.165, 1.54) is 43.2 Å². The maximum atomic E-state index is 9.46. The van der Waals surface area contributed by atoms with Crippen molar-refractivity contribution >= 4 is 0 Å². The molecule has 2 heteroatoms. The van der Waals surface area contributed by atoms with Gasteiger partial charge in [-0.1, -0.05) is 43.5 Å². The molecule has 3 rings (SSSR count). The number of aromatic hydroxyl groups is 2. The van der Waals surface area contributed by atoms with Gasteiger partial charge in [0.2, 0.25) is 0 Å². The number of rotatable bonds is 4. The normalized spacial score (nSPS) is 17.3. The number of hydrogen-bond acceptors (Lipinski definition) is 2. The fourth-order valence-electron chi connectivity index (χ4n) is 3.81. The van der Waals surface area contributed by atoms with Gasteiger partial charge in [-0.25, -0.2) is 0 Å². The van der Waals surface area contributed by atoms with Crippen LogP contribution >= 0.6 is 0 Å². The highest BCUT2D eigenvalue weighted by atomic mass is 16.3. The molecular weight excluding hydrogens is 272 g/mol. The first-order valence-electron chi connectivity index (χ1n) is 8.21. The van der Waals surface area contributed by atoms with Crippen LogP contribution in [0, 0.1) is 5.41 Å². The quantitative estimate of drug-likeness (QED) is 0.848. The van der Waals surface area contributed by atoms with Crippen molar-refractivity contribution in [2.24, 2.45) is 5.41 Å². The van der Waals surface area contributed by atoms with Gasteiger partial charge >= 0.3 is 0 Å². The largest absolute Gasteiger partial charge is 0.508 e. The third-order valence-corrected chi connectivity index (χ3v) is 4.95. The Balaban J connectivity index is 1.80. The summed E-state index contributed by atoms with van der Waals surface area (Å²) in [5.74, 6) is 0.667. The molecule has 1 aliphatic rings. The predicted molar refractivity (Wildman–Crippen MR) is 89.1 cm³/mol. The van der Waals surface area contributed by atoms with Crippen LogP contribution in [0.3, 0.4) is 0 Å². The minimum atomic E-state index is 0.312. The van der Waals surface area contributed by atoms with E-state index >= 15 is 0 Å². The Hall–Kier alpha value is -1.96. The van der Waals surface area contributed by atoms with Crippen LogP contribution in [0.1, 0.15) is 43.2 Å². The average molecular weight is 296 g/mol. The highest BCUT2D eigenvalue weighted by molar-refractivity contribution is 5.29. The van der Waals surface area contributed by atoms with E-state index in [0.29, 0.717) is 16.9 Å². The summed E-state index contributed by atoms with van der Waals surface area (Å²) in [7, 11) is 0. The Morgan fingerprint density at radius 2 is 1.05 bits per heavy atom. The molecule has 0 amide bonds. The first-order chi connectivity index (χ1) is 10.7. The average Bonchev–Trinajstić information content (AvgIpc) is 2.53. The van der Waals surface area contributed by atoms with E-state index < -0.39 is 0 Å². The van der Waals surface area contributed by atoms with Crippen molar-refractivity contribution in [1.82, 2.24) is 0 Å². The molecule has 2 aromatic rings. The zero-order chi connectivity index (χ0) is 15.4. The van der Waals surface area contributed by atoms with Crippen LogP contribution in [-0.2, 0) is 12.8 Å². The number of phenolic OH excluding ortho intramolecular Hbond substituents is 2. The second kappa shape index (κ2) is 6.43. The lowest BCUT2D eigenvalue weighted by molar-refractivity contribution is 0.186. The molecule has 0 saturated heterocycles. The molecule has 1 aliphatic carbocycles. The van der Waals surface area contributed by atoms with E-state index in [4.69, 9.17) is 0 Å². The maximum absolute atomic E-state index is 9.46. The van der Waals surface area contributed by atoms with Crippen molar-refractivity contribution in [3.05, 3.63) is 59.7 Å². The molecule has 22 heavy (non-hydrogen) atoms. The summed E-state index contributed by atoms with van der Waals surface area (Å²) in [5.41, 5.74) is 2.92. The topological polar surface area (TPSA) is 40.5 Å². The van der Waals surface area contributed by atoms with Gasteiger partial charge < -0.3 is 10.2 Å². The molecule has 116 valence electrons. The van der Waals surface area contributed by atoms with Crippen molar-refractivity contribution in [1.29, 1.82) is 0 Å². The lowest BCUT2D eigenvalue weighted by Crippen LogP contribution is -2.29. The Bertz CT molecular complexity index is 543. The lowest BCUT2D eigenvalue weighted by Gasteiger charge is -2.38. The van der Waals surface area contributed by atoms with Crippen LogP contribution in [-0.4, -0.2) is 10.2 Å². The molecule has 0 spiro atoms. The summed E-state index contributed by atoms with van der Waals surface area (Å²) in [6, 6.07) is 15.3. The van der Waals surface area contributed by atoms with E-state index in [2.05, 4.69) is 0 Å². The highest BCUT2D eigenvalue weighted by Gasteiger charge is 2.32. The Kier molecular flexibility index (Phi) is 4.37. The first-order valence-corrected chi connectivity index (χ1v) is 8.21. The third kappa shape index (κ3) is 3.62. The van der Waals surface area contributed by atoms with Gasteiger partial charge in [0, 0.05) is 0 Å². The predicted octanol–water partition coefficient (Wildman–Crippen LogP) is 4.83. The Morgan fingerprint density at radius 3 is 1.45 bits per heavy atom. The van der Waals surface area contributed by atoms with Crippen LogP contribution in [0.2, 0.25) is 0 Å². The van der Waals surface area contributed by atoms with Crippen molar-refractivity contribution in [3.8, 4) is 11.5 Å². The van der Waals surface area contributed by atoms with Crippen LogP contribution in [0.4, 0.5) is 0 Å². The number of phenols is 2. The third-order valence-electron chi connectivity index (χ3n) is 4.95. The number of hydrogen-bond donors (Lipinski definition) is 2.